The smallest absolute Gasteiger partial charge is 0.0107 e. The van der Waals surface area contributed by atoms with E-state index in [0.29, 0.717) is 0 Å². The zero-order chi connectivity index (χ0) is 12.4. The number of rotatable bonds is 4. The highest BCUT2D eigenvalue weighted by Crippen LogP contribution is 2.44. The van der Waals surface area contributed by atoms with Crippen LogP contribution in [0.5, 0.6) is 0 Å². The molecular weight excluding hydrogens is 238 g/mol. The molecule has 0 aromatic heterocycles. The average molecular weight is 261 g/mol. The molecule has 1 N–H and O–H groups in total. The highest BCUT2D eigenvalue weighted by molar-refractivity contribution is 7.99. The first-order valence-corrected chi connectivity index (χ1v) is 8.32. The summed E-state index contributed by atoms with van der Waals surface area (Å²) < 4.78 is 0. The molecule has 1 aliphatic heterocycles. The summed E-state index contributed by atoms with van der Waals surface area (Å²) in [7, 11) is 0. The maximum Gasteiger partial charge on any atom is 0.0107 e. The zero-order valence-corrected chi connectivity index (χ0v) is 12.0. The molecule has 0 bridgehead atoms. The summed E-state index contributed by atoms with van der Waals surface area (Å²) in [6, 6.07) is 9.79. The Kier molecular flexibility index (Phi) is 3.95. The summed E-state index contributed by atoms with van der Waals surface area (Å²) in [4.78, 5) is 1.53. The Balaban J connectivity index is 1.67. The van der Waals surface area contributed by atoms with Gasteiger partial charge in [-0.2, -0.15) is 0 Å². The van der Waals surface area contributed by atoms with Gasteiger partial charge in [0, 0.05) is 16.7 Å². The molecule has 1 heterocycles. The third kappa shape index (κ3) is 2.46. The van der Waals surface area contributed by atoms with E-state index in [1.54, 1.807) is 5.56 Å². The van der Waals surface area contributed by atoms with Gasteiger partial charge in [-0.25, -0.2) is 0 Å². The van der Waals surface area contributed by atoms with Gasteiger partial charge < -0.3 is 5.32 Å². The number of hydrogen-bond donors (Lipinski definition) is 1. The van der Waals surface area contributed by atoms with Crippen LogP contribution < -0.4 is 5.32 Å². The van der Waals surface area contributed by atoms with E-state index in [1.165, 1.54) is 36.3 Å². The van der Waals surface area contributed by atoms with E-state index < -0.39 is 0 Å². The van der Waals surface area contributed by atoms with Crippen LogP contribution in [0.1, 0.15) is 44.1 Å². The van der Waals surface area contributed by atoms with Crippen LogP contribution in [0.25, 0.3) is 0 Å². The molecule has 98 valence electrons. The molecule has 0 spiro atoms. The minimum atomic E-state index is 0.785. The Morgan fingerprint density at radius 3 is 3.06 bits per heavy atom. The van der Waals surface area contributed by atoms with E-state index >= 15 is 0 Å². The Hall–Kier alpha value is -0.470. The van der Waals surface area contributed by atoms with Gasteiger partial charge in [0.25, 0.3) is 0 Å². The van der Waals surface area contributed by atoms with Crippen molar-refractivity contribution in [2.45, 2.75) is 49.5 Å². The van der Waals surface area contributed by atoms with Crippen molar-refractivity contribution in [3.8, 4) is 0 Å². The van der Waals surface area contributed by atoms with Crippen LogP contribution in [0, 0.1) is 5.92 Å². The van der Waals surface area contributed by atoms with Crippen LogP contribution in [0.3, 0.4) is 0 Å². The van der Waals surface area contributed by atoms with Crippen LogP contribution in [-0.4, -0.2) is 18.3 Å². The molecule has 1 aromatic rings. The summed E-state index contributed by atoms with van der Waals surface area (Å²) in [6.45, 7) is 3.35. The maximum absolute atomic E-state index is 3.69. The van der Waals surface area contributed by atoms with Gasteiger partial charge in [-0.1, -0.05) is 31.5 Å². The Labute approximate surface area is 115 Å². The number of fused-ring (bicyclic) bond motifs is 1. The second-order valence-corrected chi connectivity index (χ2v) is 6.70. The fraction of sp³-hybridized carbons (Fsp3) is 0.625. The molecule has 2 aliphatic rings. The molecule has 3 atom stereocenters. The van der Waals surface area contributed by atoms with Crippen molar-refractivity contribution in [3.05, 3.63) is 29.8 Å². The summed E-state index contributed by atoms with van der Waals surface area (Å²) >= 11 is 2.05. The predicted molar refractivity (Wildman–Crippen MR) is 79.3 cm³/mol. The van der Waals surface area contributed by atoms with Gasteiger partial charge in [0.2, 0.25) is 0 Å². The molecule has 2 heteroatoms. The summed E-state index contributed by atoms with van der Waals surface area (Å²) in [5, 5.41) is 3.69. The van der Waals surface area contributed by atoms with Crippen LogP contribution in [0.2, 0.25) is 0 Å². The van der Waals surface area contributed by atoms with Gasteiger partial charge in [0.1, 0.15) is 0 Å². The van der Waals surface area contributed by atoms with Gasteiger partial charge in [-0.3, -0.25) is 0 Å². The molecule has 3 unspecified atom stereocenters. The lowest BCUT2D eigenvalue weighted by atomic mass is 9.87. The summed E-state index contributed by atoms with van der Waals surface area (Å²) in [5.74, 6) is 3.01. The number of hydrogen-bond acceptors (Lipinski definition) is 2. The van der Waals surface area contributed by atoms with Crippen molar-refractivity contribution in [3.63, 3.8) is 0 Å². The third-order valence-corrected chi connectivity index (χ3v) is 5.76. The molecule has 3 rings (SSSR count). The van der Waals surface area contributed by atoms with Gasteiger partial charge in [0.05, 0.1) is 0 Å². The Morgan fingerprint density at radius 2 is 2.17 bits per heavy atom. The van der Waals surface area contributed by atoms with Crippen molar-refractivity contribution in [1.82, 2.24) is 5.32 Å². The van der Waals surface area contributed by atoms with Crippen molar-refractivity contribution >= 4 is 11.8 Å². The summed E-state index contributed by atoms with van der Waals surface area (Å²) in [5.41, 5.74) is 1.62. The van der Waals surface area contributed by atoms with E-state index in [9.17, 15) is 0 Å². The lowest BCUT2D eigenvalue weighted by Crippen LogP contribution is -2.32. The van der Waals surface area contributed by atoms with Crippen molar-refractivity contribution in [1.29, 1.82) is 0 Å². The third-order valence-electron chi connectivity index (χ3n) is 4.51. The first kappa shape index (κ1) is 12.6. The standard InChI is InChI=1S/C16H23NS/c1-2-17-15-8-5-6-12(15)10-13-11-18-16-9-4-3-7-14(13)16/h3-4,7,9,12-13,15,17H,2,5-6,8,10-11H2,1H3. The second kappa shape index (κ2) is 5.66. The molecule has 0 saturated heterocycles. The van der Waals surface area contributed by atoms with Crippen molar-refractivity contribution in [2.75, 3.05) is 12.3 Å². The van der Waals surface area contributed by atoms with Crippen LogP contribution >= 0.6 is 11.8 Å². The fourth-order valence-electron chi connectivity index (χ4n) is 3.64. The Bertz CT molecular complexity index is 404. The molecule has 0 amide bonds. The molecule has 0 radical (unpaired) electrons. The molecule has 1 aliphatic carbocycles. The van der Waals surface area contributed by atoms with E-state index in [1.807, 2.05) is 0 Å². The lowest BCUT2D eigenvalue weighted by Gasteiger charge is -2.23. The van der Waals surface area contributed by atoms with Crippen molar-refractivity contribution in [2.24, 2.45) is 5.92 Å². The van der Waals surface area contributed by atoms with Crippen LogP contribution in [0.15, 0.2) is 29.2 Å². The maximum atomic E-state index is 3.69. The first-order valence-electron chi connectivity index (χ1n) is 7.33. The SMILES string of the molecule is CCNC1CCCC1CC1CSc2ccccc21. The van der Waals surface area contributed by atoms with E-state index in [4.69, 9.17) is 0 Å². The van der Waals surface area contributed by atoms with Crippen molar-refractivity contribution < 1.29 is 0 Å². The van der Waals surface area contributed by atoms with Gasteiger partial charge in [-0.15, -0.1) is 11.8 Å². The zero-order valence-electron chi connectivity index (χ0n) is 11.2. The van der Waals surface area contributed by atoms with E-state index in [2.05, 4.69) is 48.3 Å². The number of thioether (sulfide) groups is 1. The predicted octanol–water partition coefficient (Wildman–Crippen LogP) is 4.04. The fourth-order valence-corrected chi connectivity index (χ4v) is 4.91. The minimum Gasteiger partial charge on any atom is -0.314 e. The van der Waals surface area contributed by atoms with Crippen LogP contribution in [0.4, 0.5) is 0 Å². The van der Waals surface area contributed by atoms with Gasteiger partial charge in [0.15, 0.2) is 0 Å². The van der Waals surface area contributed by atoms with E-state index in [-0.39, 0.29) is 0 Å². The molecule has 1 fully saturated rings. The quantitative estimate of drug-likeness (QED) is 0.877. The highest BCUT2D eigenvalue weighted by Gasteiger charge is 2.31. The lowest BCUT2D eigenvalue weighted by molar-refractivity contribution is 0.367. The van der Waals surface area contributed by atoms with Gasteiger partial charge in [-0.05, 0) is 49.3 Å². The number of benzene rings is 1. The molecule has 1 nitrogen and oxygen atoms in total. The largest absolute Gasteiger partial charge is 0.314 e. The minimum absolute atomic E-state index is 0.785. The first-order chi connectivity index (χ1) is 8.88. The average Bonchev–Trinajstić information content (AvgIpc) is 2.99. The van der Waals surface area contributed by atoms with E-state index in [0.717, 1.165) is 24.4 Å². The van der Waals surface area contributed by atoms with Crippen LogP contribution in [-0.2, 0) is 0 Å². The molecule has 18 heavy (non-hydrogen) atoms. The number of nitrogens with one attached hydrogen (secondary N) is 1. The summed E-state index contributed by atoms with van der Waals surface area (Å²) in [6.07, 6.45) is 5.63. The molecule has 1 saturated carbocycles. The monoisotopic (exact) mass is 261 g/mol. The normalized spacial score (nSPS) is 30.6. The Morgan fingerprint density at radius 1 is 1.28 bits per heavy atom. The van der Waals surface area contributed by atoms with Gasteiger partial charge >= 0.3 is 0 Å². The molecule has 1 aromatic carbocycles. The highest BCUT2D eigenvalue weighted by atomic mass is 32.2. The topological polar surface area (TPSA) is 12.0 Å². The molecular formula is C16H23NS. The second-order valence-electron chi connectivity index (χ2n) is 5.64.